The highest BCUT2D eigenvalue weighted by molar-refractivity contribution is 5.84. The summed E-state index contributed by atoms with van der Waals surface area (Å²) in [5.74, 6) is 0. The Labute approximate surface area is 280 Å². The second kappa shape index (κ2) is 16.1. The summed E-state index contributed by atoms with van der Waals surface area (Å²) in [5.41, 5.74) is 15.9. The highest BCUT2D eigenvalue weighted by Crippen LogP contribution is 2.57. The lowest BCUT2D eigenvalue weighted by Crippen LogP contribution is -2.29. The number of hydrazine groups is 1. The van der Waals surface area contributed by atoms with Gasteiger partial charge >= 0.3 is 0 Å². The van der Waals surface area contributed by atoms with E-state index in [-0.39, 0.29) is 16.2 Å². The number of hydrogen-bond acceptors (Lipinski definition) is 3. The Bertz CT molecular complexity index is 1410. The van der Waals surface area contributed by atoms with Crippen molar-refractivity contribution in [1.29, 1.82) is 0 Å². The number of anilines is 1. The van der Waals surface area contributed by atoms with Gasteiger partial charge in [-0.25, -0.2) is 0 Å². The van der Waals surface area contributed by atoms with Gasteiger partial charge in [-0.15, -0.1) is 4.91 Å². The van der Waals surface area contributed by atoms with Crippen molar-refractivity contribution < 1.29 is 0 Å². The maximum absolute atomic E-state index is 10.7. The standard InChI is InChI=1S/C42H61N3O/c1-8-11-13-15-17-19-29-42(32-20-24-35(25-21-32)43-44-45-46)38-30-33(40(4,5)10-3)22-26-36(38)37-27-23-34(31-39(37)42)41(6,7)28-18-16-14-12-9-2/h20-27,30-31H,8-19,28-29H2,1-7H3,(H,43,45)(H,44,46). The summed E-state index contributed by atoms with van der Waals surface area (Å²) in [4.78, 5) is 10.7. The second-order valence-electron chi connectivity index (χ2n) is 15.1. The van der Waals surface area contributed by atoms with Crippen molar-refractivity contribution in [3.63, 3.8) is 0 Å². The fourth-order valence-electron chi connectivity index (χ4n) is 7.59. The summed E-state index contributed by atoms with van der Waals surface area (Å²) in [6.07, 6.45) is 17.6. The summed E-state index contributed by atoms with van der Waals surface area (Å²) in [5, 5.41) is 2.77. The van der Waals surface area contributed by atoms with E-state index in [0.717, 1.165) is 18.5 Å². The Balaban J connectivity index is 1.86. The average molecular weight is 624 g/mol. The third-order valence-electron chi connectivity index (χ3n) is 11.1. The molecule has 4 nitrogen and oxygen atoms in total. The van der Waals surface area contributed by atoms with E-state index in [2.05, 4.69) is 125 Å². The SMILES string of the molecule is CCCCCCCCC1(c2ccc(NNN=O)cc2)c2cc(C(C)(C)CC)ccc2-c2ccc(C(C)(C)CCCCCCC)cc21. The number of hydrogen-bond donors (Lipinski definition) is 2. The van der Waals surface area contributed by atoms with Crippen molar-refractivity contribution in [3.05, 3.63) is 93.4 Å². The monoisotopic (exact) mass is 623 g/mol. The molecule has 0 aliphatic heterocycles. The van der Waals surface area contributed by atoms with Gasteiger partial charge in [-0.1, -0.05) is 168 Å². The lowest BCUT2D eigenvalue weighted by atomic mass is 9.67. The first kappa shape index (κ1) is 35.7. The topological polar surface area (TPSA) is 53.5 Å². The summed E-state index contributed by atoms with van der Waals surface area (Å²) in [6, 6.07) is 23.5. The maximum atomic E-state index is 10.7. The summed E-state index contributed by atoms with van der Waals surface area (Å²) < 4.78 is 0. The lowest BCUT2D eigenvalue weighted by molar-refractivity contribution is 0.442. The molecule has 0 bridgehead atoms. The van der Waals surface area contributed by atoms with Gasteiger partial charge in [-0.05, 0) is 81.2 Å². The molecule has 0 radical (unpaired) electrons. The van der Waals surface area contributed by atoms with E-state index in [0.29, 0.717) is 0 Å². The Kier molecular flexibility index (Phi) is 12.5. The van der Waals surface area contributed by atoms with Crippen LogP contribution in [0.1, 0.15) is 166 Å². The normalized spacial score (nSPS) is 15.8. The third-order valence-corrected chi connectivity index (χ3v) is 11.1. The van der Waals surface area contributed by atoms with E-state index in [4.69, 9.17) is 0 Å². The van der Waals surface area contributed by atoms with Gasteiger partial charge in [0.25, 0.3) is 0 Å². The van der Waals surface area contributed by atoms with Gasteiger partial charge in [0.1, 0.15) is 0 Å². The summed E-state index contributed by atoms with van der Waals surface area (Å²) in [6.45, 7) is 16.5. The average Bonchev–Trinajstić information content (AvgIpc) is 3.34. The smallest absolute Gasteiger partial charge is 0.0703 e. The Morgan fingerprint density at radius 1 is 0.630 bits per heavy atom. The molecular weight excluding hydrogens is 562 g/mol. The minimum Gasteiger partial charge on any atom is -0.283 e. The van der Waals surface area contributed by atoms with Crippen LogP contribution >= 0.6 is 0 Å². The number of unbranched alkanes of at least 4 members (excludes halogenated alkanes) is 9. The van der Waals surface area contributed by atoms with E-state index >= 15 is 0 Å². The first-order valence-electron chi connectivity index (χ1n) is 18.4. The number of nitroso groups, excluding NO2 is 1. The van der Waals surface area contributed by atoms with Crippen LogP contribution in [-0.2, 0) is 16.2 Å². The van der Waals surface area contributed by atoms with Crippen molar-refractivity contribution in [2.45, 2.75) is 155 Å². The highest BCUT2D eigenvalue weighted by Gasteiger charge is 2.45. The number of rotatable bonds is 20. The first-order chi connectivity index (χ1) is 22.1. The zero-order valence-corrected chi connectivity index (χ0v) is 30.0. The largest absolute Gasteiger partial charge is 0.283 e. The number of fused-ring (bicyclic) bond motifs is 3. The summed E-state index contributed by atoms with van der Waals surface area (Å²) in [7, 11) is 0. The number of benzene rings is 3. The molecule has 0 aromatic heterocycles. The van der Waals surface area contributed by atoms with Gasteiger partial charge in [-0.3, -0.25) is 5.43 Å². The van der Waals surface area contributed by atoms with Crippen LogP contribution in [0.25, 0.3) is 11.1 Å². The van der Waals surface area contributed by atoms with Crippen LogP contribution in [-0.4, -0.2) is 0 Å². The zero-order chi connectivity index (χ0) is 33.2. The summed E-state index contributed by atoms with van der Waals surface area (Å²) >= 11 is 0. The second-order valence-corrected chi connectivity index (χ2v) is 15.1. The maximum Gasteiger partial charge on any atom is 0.0703 e. The molecule has 0 saturated heterocycles. The van der Waals surface area contributed by atoms with Crippen LogP contribution in [0.5, 0.6) is 0 Å². The van der Waals surface area contributed by atoms with E-state index in [1.807, 2.05) is 0 Å². The van der Waals surface area contributed by atoms with Gasteiger partial charge < -0.3 is 0 Å². The molecule has 2 N–H and O–H groups in total. The van der Waals surface area contributed by atoms with Crippen LogP contribution < -0.4 is 11.0 Å². The van der Waals surface area contributed by atoms with Gasteiger partial charge in [0.2, 0.25) is 0 Å². The minimum absolute atomic E-state index is 0.0991. The number of nitrogens with zero attached hydrogens (tertiary/aromatic N) is 1. The van der Waals surface area contributed by atoms with Crippen molar-refractivity contribution in [2.75, 3.05) is 5.43 Å². The van der Waals surface area contributed by atoms with Crippen LogP contribution in [0.15, 0.2) is 65.9 Å². The molecule has 1 aliphatic carbocycles. The fraction of sp³-hybridized carbons (Fsp3) is 0.571. The predicted molar refractivity (Wildman–Crippen MR) is 198 cm³/mol. The van der Waals surface area contributed by atoms with E-state index < -0.39 is 0 Å². The molecule has 0 heterocycles. The van der Waals surface area contributed by atoms with Crippen LogP contribution in [0.3, 0.4) is 0 Å². The van der Waals surface area contributed by atoms with E-state index in [9.17, 15) is 4.91 Å². The van der Waals surface area contributed by atoms with Crippen molar-refractivity contribution in [1.82, 2.24) is 5.53 Å². The molecule has 0 amide bonds. The molecule has 0 saturated carbocycles. The highest BCUT2D eigenvalue weighted by atomic mass is 16.3. The first-order valence-corrected chi connectivity index (χ1v) is 18.4. The van der Waals surface area contributed by atoms with Crippen LogP contribution in [0.4, 0.5) is 5.69 Å². The minimum atomic E-state index is -0.239. The third kappa shape index (κ3) is 7.86. The van der Waals surface area contributed by atoms with Crippen LogP contribution in [0.2, 0.25) is 0 Å². The fourth-order valence-corrected chi connectivity index (χ4v) is 7.59. The van der Waals surface area contributed by atoms with Crippen molar-refractivity contribution in [2.24, 2.45) is 5.29 Å². The predicted octanol–water partition coefficient (Wildman–Crippen LogP) is 12.7. The van der Waals surface area contributed by atoms with E-state index in [1.165, 1.54) is 116 Å². The van der Waals surface area contributed by atoms with Crippen molar-refractivity contribution >= 4 is 5.69 Å². The molecule has 250 valence electrons. The molecular formula is C42H61N3O. The Hall–Kier alpha value is -3.14. The molecule has 1 unspecified atom stereocenters. The quantitative estimate of drug-likeness (QED) is 0.0748. The van der Waals surface area contributed by atoms with E-state index in [1.54, 1.807) is 0 Å². The molecule has 0 spiro atoms. The Morgan fingerprint density at radius 2 is 1.15 bits per heavy atom. The molecule has 1 atom stereocenters. The molecule has 3 aromatic rings. The lowest BCUT2D eigenvalue weighted by Gasteiger charge is -2.36. The zero-order valence-electron chi connectivity index (χ0n) is 30.0. The molecule has 4 rings (SSSR count). The van der Waals surface area contributed by atoms with Gasteiger partial charge in [0.15, 0.2) is 0 Å². The Morgan fingerprint density at radius 3 is 1.70 bits per heavy atom. The molecule has 1 aliphatic rings. The molecule has 46 heavy (non-hydrogen) atoms. The van der Waals surface area contributed by atoms with Gasteiger partial charge in [-0.2, -0.15) is 5.53 Å². The van der Waals surface area contributed by atoms with Gasteiger partial charge in [0, 0.05) is 5.41 Å². The van der Waals surface area contributed by atoms with Crippen LogP contribution in [0, 0.1) is 4.91 Å². The van der Waals surface area contributed by atoms with Gasteiger partial charge in [0.05, 0.1) is 11.0 Å². The van der Waals surface area contributed by atoms with Crippen molar-refractivity contribution in [3.8, 4) is 11.1 Å². The molecule has 3 aromatic carbocycles. The molecule has 0 fully saturated rings. The molecule has 4 heteroatoms. The number of nitrogens with one attached hydrogen (secondary N) is 2.